The maximum absolute atomic E-state index is 11.2. The normalized spacial score (nSPS) is 9.86. The lowest BCUT2D eigenvalue weighted by Crippen LogP contribution is -1.99. The lowest BCUT2D eigenvalue weighted by molar-refractivity contribution is -0.385. The highest BCUT2D eigenvalue weighted by atomic mass is 16.6. The largest absolute Gasteiger partial charge is 0.497 e. The molecule has 0 unspecified atom stereocenters. The third-order valence-electron chi connectivity index (χ3n) is 2.77. The van der Waals surface area contributed by atoms with Crippen molar-refractivity contribution in [3.8, 4) is 23.0 Å². The molecule has 0 heterocycles. The van der Waals surface area contributed by atoms with E-state index in [9.17, 15) is 10.1 Å². The molecule has 0 saturated carbocycles. The third kappa shape index (κ3) is 3.54. The molecular formula is C16H15NO5. The van der Waals surface area contributed by atoms with Crippen molar-refractivity contribution < 1.29 is 19.1 Å². The molecule has 6 heteroatoms. The second-order valence-electron chi connectivity index (χ2n) is 4.24. The number of para-hydroxylation sites is 1. The molecular weight excluding hydrogens is 286 g/mol. The van der Waals surface area contributed by atoms with E-state index in [4.69, 9.17) is 14.2 Å². The van der Waals surface area contributed by atoms with E-state index in [0.29, 0.717) is 11.5 Å². The van der Waals surface area contributed by atoms with Crippen LogP contribution in [0.5, 0.6) is 23.0 Å². The first-order valence-electron chi connectivity index (χ1n) is 6.48. The van der Waals surface area contributed by atoms with Crippen molar-refractivity contribution >= 4 is 5.69 Å². The summed E-state index contributed by atoms with van der Waals surface area (Å²) in [6.45, 7) is 3.77. The number of hydrogen-bond acceptors (Lipinski definition) is 5. The number of methoxy groups -OCH3 is 1. The van der Waals surface area contributed by atoms with Crippen LogP contribution in [-0.2, 0) is 0 Å². The van der Waals surface area contributed by atoms with Gasteiger partial charge in [-0.1, -0.05) is 24.8 Å². The van der Waals surface area contributed by atoms with Gasteiger partial charge in [-0.25, -0.2) is 0 Å². The molecule has 114 valence electrons. The zero-order valence-electron chi connectivity index (χ0n) is 12.0. The van der Waals surface area contributed by atoms with Crippen LogP contribution in [-0.4, -0.2) is 18.6 Å². The van der Waals surface area contributed by atoms with Crippen molar-refractivity contribution in [1.29, 1.82) is 0 Å². The van der Waals surface area contributed by atoms with Crippen LogP contribution >= 0.6 is 0 Å². The molecule has 0 aliphatic rings. The van der Waals surface area contributed by atoms with Gasteiger partial charge in [0.15, 0.2) is 5.75 Å². The molecule has 0 fully saturated rings. The Morgan fingerprint density at radius 3 is 2.64 bits per heavy atom. The number of nitro benzene ring substituents is 1. The van der Waals surface area contributed by atoms with Crippen LogP contribution in [0.3, 0.4) is 0 Å². The molecule has 0 bridgehead atoms. The summed E-state index contributed by atoms with van der Waals surface area (Å²) in [5.74, 6) is 1.32. The molecule has 2 rings (SSSR count). The Bertz CT molecular complexity index is 684. The average molecular weight is 301 g/mol. The highest BCUT2D eigenvalue weighted by molar-refractivity contribution is 5.57. The van der Waals surface area contributed by atoms with Gasteiger partial charge in [0.25, 0.3) is 0 Å². The zero-order chi connectivity index (χ0) is 15.9. The number of benzene rings is 2. The van der Waals surface area contributed by atoms with Gasteiger partial charge in [-0.05, 0) is 18.2 Å². The predicted molar refractivity (Wildman–Crippen MR) is 81.9 cm³/mol. The van der Waals surface area contributed by atoms with E-state index in [1.165, 1.54) is 19.2 Å². The van der Waals surface area contributed by atoms with Crippen LogP contribution in [0, 0.1) is 10.1 Å². The highest BCUT2D eigenvalue weighted by Gasteiger charge is 2.21. The molecule has 0 aromatic heterocycles. The Hall–Kier alpha value is -3.02. The van der Waals surface area contributed by atoms with Crippen LogP contribution in [0.4, 0.5) is 5.69 Å². The summed E-state index contributed by atoms with van der Waals surface area (Å²) in [5.41, 5.74) is -0.176. The fourth-order valence-electron chi connectivity index (χ4n) is 1.80. The smallest absolute Gasteiger partial charge is 0.315 e. The molecule has 2 aromatic rings. The first-order valence-corrected chi connectivity index (χ1v) is 6.48. The highest BCUT2D eigenvalue weighted by Crippen LogP contribution is 2.40. The summed E-state index contributed by atoms with van der Waals surface area (Å²) < 4.78 is 16.2. The first-order chi connectivity index (χ1) is 10.7. The summed E-state index contributed by atoms with van der Waals surface area (Å²) in [5, 5.41) is 11.2. The van der Waals surface area contributed by atoms with Crippen molar-refractivity contribution in [3.05, 3.63) is 65.2 Å². The molecule has 2 aromatic carbocycles. The molecule has 0 N–H and O–H groups in total. The number of nitrogens with zero attached hydrogens (tertiary/aromatic N) is 1. The molecule has 22 heavy (non-hydrogen) atoms. The predicted octanol–water partition coefficient (Wildman–Crippen LogP) is 3.96. The van der Waals surface area contributed by atoms with Crippen molar-refractivity contribution in [1.82, 2.24) is 0 Å². The van der Waals surface area contributed by atoms with E-state index in [1.54, 1.807) is 36.4 Å². The fraction of sp³-hybridized carbons (Fsp3) is 0.125. The van der Waals surface area contributed by atoms with Crippen LogP contribution in [0.15, 0.2) is 55.1 Å². The molecule has 0 aliphatic carbocycles. The number of ether oxygens (including phenoxy) is 3. The Kier molecular flexibility index (Phi) is 4.98. The number of nitro groups is 1. The van der Waals surface area contributed by atoms with Crippen molar-refractivity contribution in [2.24, 2.45) is 0 Å². The number of hydrogen-bond donors (Lipinski definition) is 0. The van der Waals surface area contributed by atoms with Gasteiger partial charge < -0.3 is 14.2 Å². The zero-order valence-corrected chi connectivity index (χ0v) is 12.0. The fourth-order valence-corrected chi connectivity index (χ4v) is 1.80. The molecule has 0 aliphatic heterocycles. The summed E-state index contributed by atoms with van der Waals surface area (Å²) >= 11 is 0. The van der Waals surface area contributed by atoms with Crippen LogP contribution < -0.4 is 14.2 Å². The minimum absolute atomic E-state index is 0.0441. The summed E-state index contributed by atoms with van der Waals surface area (Å²) in [7, 11) is 1.53. The molecule has 6 nitrogen and oxygen atoms in total. The molecule has 0 radical (unpaired) electrons. The second-order valence-corrected chi connectivity index (χ2v) is 4.24. The lowest BCUT2D eigenvalue weighted by Gasteiger charge is -2.12. The Labute approximate surface area is 127 Å². The summed E-state index contributed by atoms with van der Waals surface area (Å²) in [4.78, 5) is 10.7. The SMILES string of the molecule is C=CCOc1cccc([N+](=O)[O-])c1Oc1cccc(OC)c1. The van der Waals surface area contributed by atoms with Crippen LogP contribution in [0.2, 0.25) is 0 Å². The molecule has 0 spiro atoms. The summed E-state index contributed by atoms with van der Waals surface area (Å²) in [6.07, 6.45) is 1.55. The third-order valence-corrected chi connectivity index (χ3v) is 2.77. The maximum Gasteiger partial charge on any atom is 0.315 e. The van der Waals surface area contributed by atoms with E-state index in [0.717, 1.165) is 0 Å². The van der Waals surface area contributed by atoms with Gasteiger partial charge in [0, 0.05) is 12.1 Å². The van der Waals surface area contributed by atoms with Crippen LogP contribution in [0.1, 0.15) is 0 Å². The summed E-state index contributed by atoms with van der Waals surface area (Å²) in [6, 6.07) is 11.3. The van der Waals surface area contributed by atoms with Crippen molar-refractivity contribution in [2.45, 2.75) is 0 Å². The molecule has 0 atom stereocenters. The molecule has 0 saturated heterocycles. The van der Waals surface area contributed by atoms with Gasteiger partial charge >= 0.3 is 5.69 Å². The quantitative estimate of drug-likeness (QED) is 0.440. The Balaban J connectivity index is 2.41. The standard InChI is InChI=1S/C16H15NO5/c1-3-10-21-15-9-5-8-14(17(18)19)16(15)22-13-7-4-6-12(11-13)20-2/h3-9,11H,1,10H2,2H3. The first kappa shape index (κ1) is 15.4. The van der Waals surface area contributed by atoms with Gasteiger partial charge in [-0.15, -0.1) is 0 Å². The van der Waals surface area contributed by atoms with Gasteiger partial charge in [-0.3, -0.25) is 10.1 Å². The monoisotopic (exact) mass is 301 g/mol. The average Bonchev–Trinajstić information content (AvgIpc) is 2.53. The topological polar surface area (TPSA) is 70.8 Å². The van der Waals surface area contributed by atoms with E-state index < -0.39 is 4.92 Å². The van der Waals surface area contributed by atoms with Crippen LogP contribution in [0.25, 0.3) is 0 Å². The number of rotatable bonds is 7. The van der Waals surface area contributed by atoms with E-state index >= 15 is 0 Å². The van der Waals surface area contributed by atoms with Gasteiger partial charge in [0.1, 0.15) is 18.1 Å². The van der Waals surface area contributed by atoms with Gasteiger partial charge in [-0.2, -0.15) is 0 Å². The Morgan fingerprint density at radius 2 is 1.95 bits per heavy atom. The van der Waals surface area contributed by atoms with E-state index in [1.807, 2.05) is 0 Å². The van der Waals surface area contributed by atoms with Crippen molar-refractivity contribution in [2.75, 3.05) is 13.7 Å². The van der Waals surface area contributed by atoms with E-state index in [-0.39, 0.29) is 23.8 Å². The van der Waals surface area contributed by atoms with Gasteiger partial charge in [0.05, 0.1) is 12.0 Å². The van der Waals surface area contributed by atoms with Crippen molar-refractivity contribution in [3.63, 3.8) is 0 Å². The maximum atomic E-state index is 11.2. The van der Waals surface area contributed by atoms with Gasteiger partial charge in [0.2, 0.25) is 5.75 Å². The lowest BCUT2D eigenvalue weighted by atomic mass is 10.2. The second kappa shape index (κ2) is 7.12. The molecule has 0 amide bonds. The Morgan fingerprint density at radius 1 is 1.23 bits per heavy atom. The minimum atomic E-state index is -0.518. The van der Waals surface area contributed by atoms with E-state index in [2.05, 4.69) is 6.58 Å². The minimum Gasteiger partial charge on any atom is -0.497 e.